The monoisotopic (exact) mass is 380 g/mol. The van der Waals surface area contributed by atoms with Crippen LogP contribution in [0.3, 0.4) is 0 Å². The highest BCUT2D eigenvalue weighted by Gasteiger charge is 2.13. The summed E-state index contributed by atoms with van der Waals surface area (Å²) in [6.45, 7) is 3.22. The van der Waals surface area contributed by atoms with Crippen LogP contribution in [0.2, 0.25) is 0 Å². The quantitative estimate of drug-likeness (QED) is 0.562. The van der Waals surface area contributed by atoms with E-state index >= 15 is 0 Å². The van der Waals surface area contributed by atoms with Gasteiger partial charge in [-0.3, -0.25) is 0 Å². The minimum Gasteiger partial charge on any atom is -0.489 e. The molecule has 0 fully saturated rings. The first kappa shape index (κ1) is 19.5. The van der Waals surface area contributed by atoms with Gasteiger partial charge in [0.25, 0.3) is 5.89 Å². The molecule has 0 atom stereocenters. The number of nitriles is 1. The fraction of sp³-hybridized carbons (Fsp3) is 0.286. The topological polar surface area (TPSA) is 84.0 Å². The van der Waals surface area contributed by atoms with Crippen LogP contribution in [0.25, 0.3) is 22.8 Å². The molecule has 0 bridgehead atoms. The summed E-state index contributed by atoms with van der Waals surface area (Å²) in [4.78, 5) is 4.42. The number of aromatic nitrogens is 2. The molecule has 7 heteroatoms. The van der Waals surface area contributed by atoms with Crippen LogP contribution < -0.4 is 10.1 Å². The number of ether oxygens (including phenoxy) is 1. The molecule has 1 heterocycles. The fourth-order valence-electron chi connectivity index (χ4n) is 2.66. The van der Waals surface area contributed by atoms with E-state index in [1.807, 2.05) is 30.3 Å². The molecule has 0 aliphatic rings. The van der Waals surface area contributed by atoms with Crippen molar-refractivity contribution in [1.29, 1.82) is 5.26 Å². The van der Waals surface area contributed by atoms with Crippen molar-refractivity contribution in [3.05, 3.63) is 53.6 Å². The smallest absolute Gasteiger partial charge is 0.258 e. The summed E-state index contributed by atoms with van der Waals surface area (Å²) < 4.78 is 22.9. The van der Waals surface area contributed by atoms with Gasteiger partial charge in [-0.2, -0.15) is 10.2 Å². The number of hydrogen-bond donors (Lipinski definition) is 1. The van der Waals surface area contributed by atoms with E-state index in [2.05, 4.69) is 22.4 Å². The summed E-state index contributed by atoms with van der Waals surface area (Å²) >= 11 is 0. The van der Waals surface area contributed by atoms with E-state index in [9.17, 15) is 9.65 Å². The highest BCUT2D eigenvalue weighted by molar-refractivity contribution is 5.63. The Hall–Kier alpha value is -3.24. The summed E-state index contributed by atoms with van der Waals surface area (Å²) in [5, 5.41) is 16.7. The Labute approximate surface area is 163 Å². The van der Waals surface area contributed by atoms with Gasteiger partial charge in [0, 0.05) is 17.7 Å². The molecule has 0 amide bonds. The van der Waals surface area contributed by atoms with Crippen LogP contribution in [-0.4, -0.2) is 30.0 Å². The average Bonchev–Trinajstić information content (AvgIpc) is 3.23. The van der Waals surface area contributed by atoms with Gasteiger partial charge in [-0.1, -0.05) is 36.3 Å². The molecular formula is C21H21FN4O2. The standard InChI is InChI=1S/C21H21FN4O2/c1-2-10-24-14-15-3-5-16(6-4-15)20-25-21(28-26-20)17-7-8-19(27-11-9-22)18(12-17)13-23/h3-8,12,24H,2,9-11,14H2,1H3. The molecule has 1 aromatic heterocycles. The maximum absolute atomic E-state index is 12.3. The van der Waals surface area contributed by atoms with Crippen molar-refractivity contribution in [1.82, 2.24) is 15.5 Å². The molecular weight excluding hydrogens is 359 g/mol. The normalized spacial score (nSPS) is 10.6. The Morgan fingerprint density at radius 3 is 2.68 bits per heavy atom. The van der Waals surface area contributed by atoms with Crippen LogP contribution in [0.1, 0.15) is 24.5 Å². The zero-order chi connectivity index (χ0) is 19.8. The summed E-state index contributed by atoms with van der Waals surface area (Å²) in [5.74, 6) is 1.10. The molecule has 3 aromatic rings. The van der Waals surface area contributed by atoms with Crippen LogP contribution in [0, 0.1) is 11.3 Å². The Morgan fingerprint density at radius 2 is 1.96 bits per heavy atom. The Kier molecular flexibility index (Phi) is 6.71. The van der Waals surface area contributed by atoms with E-state index in [0.717, 1.165) is 25.1 Å². The molecule has 2 aromatic carbocycles. The maximum atomic E-state index is 12.3. The van der Waals surface area contributed by atoms with E-state index in [4.69, 9.17) is 9.26 Å². The predicted octanol–water partition coefficient (Wildman–Crippen LogP) is 4.12. The van der Waals surface area contributed by atoms with Crippen LogP contribution >= 0.6 is 0 Å². The summed E-state index contributed by atoms with van der Waals surface area (Å²) in [7, 11) is 0. The van der Waals surface area contributed by atoms with Gasteiger partial charge in [-0.05, 0) is 36.7 Å². The second-order valence-corrected chi connectivity index (χ2v) is 6.16. The Morgan fingerprint density at radius 1 is 1.18 bits per heavy atom. The third kappa shape index (κ3) is 4.72. The summed E-state index contributed by atoms with van der Waals surface area (Å²) in [6, 6.07) is 14.9. The molecule has 1 N–H and O–H groups in total. The molecule has 0 saturated carbocycles. The number of halogens is 1. The van der Waals surface area contributed by atoms with Crippen LogP contribution in [0.15, 0.2) is 47.0 Å². The van der Waals surface area contributed by atoms with Gasteiger partial charge in [0.2, 0.25) is 5.82 Å². The van der Waals surface area contributed by atoms with Gasteiger partial charge in [0.15, 0.2) is 0 Å². The number of hydrogen-bond acceptors (Lipinski definition) is 6. The van der Waals surface area contributed by atoms with Crippen molar-refractivity contribution >= 4 is 0 Å². The first-order valence-electron chi connectivity index (χ1n) is 9.12. The van der Waals surface area contributed by atoms with Crippen molar-refractivity contribution in [2.45, 2.75) is 19.9 Å². The molecule has 6 nitrogen and oxygen atoms in total. The highest BCUT2D eigenvalue weighted by Crippen LogP contribution is 2.27. The Balaban J connectivity index is 1.76. The van der Waals surface area contributed by atoms with Gasteiger partial charge < -0.3 is 14.6 Å². The molecule has 0 aliphatic heterocycles. The number of rotatable bonds is 9. The highest BCUT2D eigenvalue weighted by atomic mass is 19.1. The number of alkyl halides is 1. The molecule has 3 rings (SSSR count). The number of nitrogens with zero attached hydrogens (tertiary/aromatic N) is 3. The lowest BCUT2D eigenvalue weighted by molar-refractivity contribution is 0.272. The second-order valence-electron chi connectivity index (χ2n) is 6.16. The van der Waals surface area contributed by atoms with Gasteiger partial charge in [-0.25, -0.2) is 4.39 Å². The minimum atomic E-state index is -0.618. The Bertz CT molecular complexity index is 948. The fourth-order valence-corrected chi connectivity index (χ4v) is 2.66. The predicted molar refractivity (Wildman–Crippen MR) is 103 cm³/mol. The molecule has 0 radical (unpaired) electrons. The lowest BCUT2D eigenvalue weighted by atomic mass is 10.1. The van der Waals surface area contributed by atoms with Gasteiger partial charge >= 0.3 is 0 Å². The lowest BCUT2D eigenvalue weighted by Gasteiger charge is -2.06. The van der Waals surface area contributed by atoms with Crippen LogP contribution in [-0.2, 0) is 6.54 Å². The molecule has 0 aliphatic carbocycles. The van der Waals surface area contributed by atoms with Gasteiger partial charge in [0.05, 0.1) is 5.56 Å². The SMILES string of the molecule is CCCNCc1ccc(-c2noc(-c3ccc(OCCF)c(C#N)c3)n2)cc1. The van der Waals surface area contributed by atoms with Crippen LogP contribution in [0.5, 0.6) is 5.75 Å². The third-order valence-corrected chi connectivity index (χ3v) is 4.08. The molecule has 144 valence electrons. The van der Waals surface area contributed by atoms with E-state index in [-0.39, 0.29) is 12.2 Å². The van der Waals surface area contributed by atoms with Crippen molar-refractivity contribution in [2.75, 3.05) is 19.8 Å². The van der Waals surface area contributed by atoms with Crippen molar-refractivity contribution in [3.8, 4) is 34.7 Å². The average molecular weight is 380 g/mol. The van der Waals surface area contributed by atoms with E-state index in [1.165, 1.54) is 5.56 Å². The minimum absolute atomic E-state index is 0.0946. The van der Waals surface area contributed by atoms with Crippen molar-refractivity contribution < 1.29 is 13.7 Å². The van der Waals surface area contributed by atoms with E-state index in [0.29, 0.717) is 23.0 Å². The van der Waals surface area contributed by atoms with Crippen molar-refractivity contribution in [2.24, 2.45) is 0 Å². The molecule has 0 spiro atoms. The second kappa shape index (κ2) is 9.62. The summed E-state index contributed by atoms with van der Waals surface area (Å²) in [5.41, 5.74) is 2.92. The molecule has 0 saturated heterocycles. The first-order chi connectivity index (χ1) is 13.7. The van der Waals surface area contributed by atoms with E-state index in [1.54, 1.807) is 18.2 Å². The van der Waals surface area contributed by atoms with Gasteiger partial charge in [0.1, 0.15) is 25.1 Å². The largest absolute Gasteiger partial charge is 0.489 e. The molecule has 0 unspecified atom stereocenters. The zero-order valence-electron chi connectivity index (χ0n) is 15.6. The lowest BCUT2D eigenvalue weighted by Crippen LogP contribution is -2.13. The third-order valence-electron chi connectivity index (χ3n) is 4.08. The zero-order valence-corrected chi connectivity index (χ0v) is 15.6. The van der Waals surface area contributed by atoms with E-state index < -0.39 is 6.67 Å². The summed E-state index contributed by atoms with van der Waals surface area (Å²) in [6.07, 6.45) is 1.10. The van der Waals surface area contributed by atoms with Crippen LogP contribution in [0.4, 0.5) is 4.39 Å². The first-order valence-corrected chi connectivity index (χ1v) is 9.12. The number of nitrogens with one attached hydrogen (secondary N) is 1. The van der Waals surface area contributed by atoms with Gasteiger partial charge in [-0.15, -0.1) is 0 Å². The maximum Gasteiger partial charge on any atom is 0.258 e. The molecule has 28 heavy (non-hydrogen) atoms. The number of benzene rings is 2. The van der Waals surface area contributed by atoms with Crippen molar-refractivity contribution in [3.63, 3.8) is 0 Å².